The average Bonchev–Trinajstić information content (AvgIpc) is 2.52. The molecule has 19 heavy (non-hydrogen) atoms. The number of carbonyl (C=O) groups excluding carboxylic acids is 2. The number of nitrogens with zero attached hydrogens (tertiary/aromatic N) is 2. The van der Waals surface area contributed by atoms with E-state index < -0.39 is 24.4 Å². The van der Waals surface area contributed by atoms with Gasteiger partial charge < -0.3 is 9.80 Å². The second kappa shape index (κ2) is 4.25. The number of halogens is 3. The molecule has 0 saturated carbocycles. The number of carbonyl (C=O) groups is 2. The minimum Gasteiger partial charge on any atom is -0.366 e. The van der Waals surface area contributed by atoms with E-state index in [2.05, 4.69) is 0 Å². The molecule has 0 aliphatic carbocycles. The highest BCUT2D eigenvalue weighted by Gasteiger charge is 2.34. The van der Waals surface area contributed by atoms with Gasteiger partial charge >= 0.3 is 6.18 Å². The molecule has 0 unspecified atom stereocenters. The van der Waals surface area contributed by atoms with E-state index in [4.69, 9.17) is 0 Å². The van der Waals surface area contributed by atoms with Crippen LogP contribution in [0.25, 0.3) is 0 Å². The zero-order chi connectivity index (χ0) is 14.4. The molecule has 0 aromatic heterocycles. The highest BCUT2D eigenvalue weighted by Crippen LogP contribution is 2.32. The first-order valence-electron chi connectivity index (χ1n) is 5.45. The summed E-state index contributed by atoms with van der Waals surface area (Å²) in [5, 5.41) is 0. The molecule has 0 fully saturated rings. The van der Waals surface area contributed by atoms with Gasteiger partial charge in [-0.05, 0) is 18.2 Å². The van der Waals surface area contributed by atoms with Crippen molar-refractivity contribution in [1.82, 2.24) is 0 Å². The number of ketones is 1. The number of fused-ring (bicyclic) bond motifs is 1. The molecule has 1 aromatic carbocycles. The van der Waals surface area contributed by atoms with Crippen LogP contribution in [0.2, 0.25) is 0 Å². The maximum atomic E-state index is 12.3. The summed E-state index contributed by atoms with van der Waals surface area (Å²) in [5.41, 5.74) is 0.851. The minimum absolute atomic E-state index is 0.219. The number of benzene rings is 1. The molecule has 1 amide bonds. The van der Waals surface area contributed by atoms with Crippen LogP contribution in [0.4, 0.5) is 24.5 Å². The Labute approximate surface area is 107 Å². The van der Waals surface area contributed by atoms with E-state index >= 15 is 0 Å². The van der Waals surface area contributed by atoms with Gasteiger partial charge in [-0.2, -0.15) is 13.2 Å². The van der Waals surface area contributed by atoms with Crippen molar-refractivity contribution in [3.63, 3.8) is 0 Å². The molecule has 0 atom stereocenters. The lowest BCUT2D eigenvalue weighted by atomic mass is 10.1. The largest absolute Gasteiger partial charge is 0.405 e. The summed E-state index contributed by atoms with van der Waals surface area (Å²) in [5.74, 6) is -1.31. The normalized spacial score (nSPS) is 14.9. The zero-order valence-corrected chi connectivity index (χ0v) is 10.3. The molecule has 1 heterocycles. The van der Waals surface area contributed by atoms with Gasteiger partial charge in [-0.15, -0.1) is 0 Å². The lowest BCUT2D eigenvalue weighted by molar-refractivity contribution is -0.119. The van der Waals surface area contributed by atoms with Crippen LogP contribution >= 0.6 is 0 Å². The number of likely N-dealkylation sites (N-methyl/N-ethyl adjacent to an activating group) is 1. The predicted molar refractivity (Wildman–Crippen MR) is 63.5 cm³/mol. The van der Waals surface area contributed by atoms with E-state index in [-0.39, 0.29) is 5.56 Å². The Hall–Kier alpha value is -2.05. The van der Waals surface area contributed by atoms with Gasteiger partial charge in [0, 0.05) is 19.8 Å². The second-order valence-corrected chi connectivity index (χ2v) is 4.37. The van der Waals surface area contributed by atoms with Gasteiger partial charge in [-0.3, -0.25) is 9.59 Å². The molecule has 1 aliphatic heterocycles. The van der Waals surface area contributed by atoms with Gasteiger partial charge in [0.05, 0.1) is 11.3 Å². The number of hydrogen-bond acceptors (Lipinski definition) is 3. The highest BCUT2D eigenvalue weighted by molar-refractivity contribution is 6.52. The molecule has 1 aromatic rings. The number of anilines is 2. The average molecular weight is 272 g/mol. The Kier molecular flexibility index (Phi) is 3.00. The first-order chi connectivity index (χ1) is 8.70. The summed E-state index contributed by atoms with van der Waals surface area (Å²) >= 11 is 0. The molecule has 1 aliphatic rings. The summed E-state index contributed by atoms with van der Waals surface area (Å²) in [6.07, 6.45) is -4.31. The first-order valence-corrected chi connectivity index (χ1v) is 5.45. The van der Waals surface area contributed by atoms with Crippen molar-refractivity contribution in [1.29, 1.82) is 0 Å². The topological polar surface area (TPSA) is 40.6 Å². The summed E-state index contributed by atoms with van der Waals surface area (Å²) < 4.78 is 36.9. The van der Waals surface area contributed by atoms with E-state index in [9.17, 15) is 22.8 Å². The highest BCUT2D eigenvalue weighted by atomic mass is 19.4. The Balaban J connectivity index is 2.33. The molecule has 0 saturated heterocycles. The molecule has 7 heteroatoms. The van der Waals surface area contributed by atoms with Crippen molar-refractivity contribution in [2.45, 2.75) is 6.18 Å². The van der Waals surface area contributed by atoms with E-state index in [1.807, 2.05) is 0 Å². The Morgan fingerprint density at radius 2 is 1.89 bits per heavy atom. The van der Waals surface area contributed by atoms with Crippen molar-refractivity contribution in [2.24, 2.45) is 0 Å². The Morgan fingerprint density at radius 3 is 2.47 bits per heavy atom. The van der Waals surface area contributed by atoms with Gasteiger partial charge in [0.2, 0.25) is 0 Å². The summed E-state index contributed by atoms with van der Waals surface area (Å²) in [7, 11) is 2.72. The maximum Gasteiger partial charge on any atom is 0.405 e. The number of alkyl halides is 3. The van der Waals surface area contributed by atoms with E-state index in [1.165, 1.54) is 32.3 Å². The van der Waals surface area contributed by atoms with Crippen LogP contribution < -0.4 is 9.80 Å². The van der Waals surface area contributed by atoms with Crippen molar-refractivity contribution in [3.05, 3.63) is 23.8 Å². The number of amides is 1. The smallest absolute Gasteiger partial charge is 0.366 e. The van der Waals surface area contributed by atoms with E-state index in [0.29, 0.717) is 11.4 Å². The van der Waals surface area contributed by atoms with Crippen LogP contribution in [0.5, 0.6) is 0 Å². The summed E-state index contributed by atoms with van der Waals surface area (Å²) in [6.45, 7) is -1.10. The third-order valence-electron chi connectivity index (χ3n) is 2.94. The maximum absolute atomic E-state index is 12.3. The molecule has 0 bridgehead atoms. The van der Waals surface area contributed by atoms with Crippen molar-refractivity contribution >= 4 is 23.1 Å². The van der Waals surface area contributed by atoms with Gasteiger partial charge in [0.1, 0.15) is 6.54 Å². The fourth-order valence-electron chi connectivity index (χ4n) is 1.96. The molecule has 0 spiro atoms. The SMILES string of the molecule is CN(CC(F)(F)F)c1ccc2c(c1)N(C)C(=O)C2=O. The van der Waals surface area contributed by atoms with Crippen LogP contribution in [0.1, 0.15) is 10.4 Å². The third kappa shape index (κ3) is 2.40. The van der Waals surface area contributed by atoms with Crippen LogP contribution in [-0.2, 0) is 4.79 Å². The van der Waals surface area contributed by atoms with Crippen LogP contribution in [-0.4, -0.2) is 38.5 Å². The van der Waals surface area contributed by atoms with Gasteiger partial charge in [0.15, 0.2) is 0 Å². The molecular weight excluding hydrogens is 261 g/mol. The van der Waals surface area contributed by atoms with Crippen LogP contribution in [0.15, 0.2) is 18.2 Å². The van der Waals surface area contributed by atoms with E-state index in [1.54, 1.807) is 0 Å². The van der Waals surface area contributed by atoms with Gasteiger partial charge in [-0.25, -0.2) is 0 Å². The molecule has 0 radical (unpaired) electrons. The molecule has 2 rings (SSSR count). The fourth-order valence-corrected chi connectivity index (χ4v) is 1.96. The quantitative estimate of drug-likeness (QED) is 0.771. The fraction of sp³-hybridized carbons (Fsp3) is 0.333. The lowest BCUT2D eigenvalue weighted by Gasteiger charge is -2.22. The molecule has 4 nitrogen and oxygen atoms in total. The summed E-state index contributed by atoms with van der Waals surface area (Å²) in [4.78, 5) is 25.1. The van der Waals surface area contributed by atoms with Crippen molar-refractivity contribution in [2.75, 3.05) is 30.4 Å². The van der Waals surface area contributed by atoms with Crippen molar-refractivity contribution < 1.29 is 22.8 Å². The predicted octanol–water partition coefficient (Wildman–Crippen LogP) is 1.84. The van der Waals surface area contributed by atoms with Gasteiger partial charge in [0.25, 0.3) is 11.7 Å². The standard InChI is InChI=1S/C12H11F3N2O2/c1-16(6-12(13,14)15)7-3-4-8-9(5-7)17(2)11(19)10(8)18/h3-5H,6H2,1-2H3. The zero-order valence-electron chi connectivity index (χ0n) is 10.3. The minimum atomic E-state index is -4.31. The van der Waals surface area contributed by atoms with Gasteiger partial charge in [-0.1, -0.05) is 0 Å². The lowest BCUT2D eigenvalue weighted by Crippen LogP contribution is -2.31. The number of rotatable bonds is 2. The Bertz CT molecular complexity index is 554. The second-order valence-electron chi connectivity index (χ2n) is 4.37. The van der Waals surface area contributed by atoms with Crippen molar-refractivity contribution in [3.8, 4) is 0 Å². The summed E-state index contributed by atoms with van der Waals surface area (Å²) in [6, 6.07) is 4.18. The van der Waals surface area contributed by atoms with Crippen LogP contribution in [0.3, 0.4) is 0 Å². The van der Waals surface area contributed by atoms with E-state index in [0.717, 1.165) is 9.80 Å². The molecular formula is C12H11F3N2O2. The Morgan fingerprint density at radius 1 is 1.26 bits per heavy atom. The number of Topliss-reactive ketones (excluding diaryl/α,β-unsaturated/α-hetero) is 1. The first kappa shape index (κ1) is 13.4. The molecule has 0 N–H and O–H groups in total. The molecule has 102 valence electrons. The van der Waals surface area contributed by atoms with Crippen LogP contribution in [0, 0.1) is 0 Å². The number of hydrogen-bond donors (Lipinski definition) is 0. The monoisotopic (exact) mass is 272 g/mol. The third-order valence-corrected chi connectivity index (χ3v) is 2.94.